The molecule has 1 fully saturated rings. The molecular weight excluding hydrogens is 229 g/mol. The monoisotopic (exact) mass is 244 g/mol. The van der Waals surface area contributed by atoms with Crippen molar-refractivity contribution in [2.45, 2.75) is 37.4 Å². The van der Waals surface area contributed by atoms with E-state index >= 15 is 0 Å². The Morgan fingerprint density at radius 3 is 2.12 bits per heavy atom. The quantitative estimate of drug-likeness (QED) is 0.633. The van der Waals surface area contributed by atoms with Gasteiger partial charge >= 0.3 is 6.18 Å². The third-order valence-electron chi connectivity index (χ3n) is 3.34. The first-order valence-electron chi connectivity index (χ1n) is 5.65. The lowest BCUT2D eigenvalue weighted by Crippen LogP contribution is -2.38. The van der Waals surface area contributed by atoms with Crippen molar-refractivity contribution in [3.8, 4) is 0 Å². The maximum atomic E-state index is 12.6. The van der Waals surface area contributed by atoms with Crippen LogP contribution in [0.15, 0.2) is 24.3 Å². The molecule has 1 atom stereocenters. The van der Waals surface area contributed by atoms with Gasteiger partial charge in [-0.15, -0.1) is 0 Å². The molecule has 1 aromatic carbocycles. The minimum atomic E-state index is -4.37. The first kappa shape index (κ1) is 12.4. The van der Waals surface area contributed by atoms with E-state index in [0.717, 1.165) is 18.4 Å². The molecule has 1 aliphatic rings. The average Bonchev–Trinajstić information content (AvgIpc) is 2.16. The number of halogens is 3. The van der Waals surface area contributed by atoms with Crippen LogP contribution in [-0.2, 0) is 0 Å². The highest BCUT2D eigenvalue weighted by Crippen LogP contribution is 2.37. The zero-order valence-electron chi connectivity index (χ0n) is 9.30. The molecule has 0 aliphatic heterocycles. The Kier molecular flexibility index (Phi) is 3.40. The molecule has 1 aliphatic carbocycles. The summed E-state index contributed by atoms with van der Waals surface area (Å²) in [6.07, 6.45) is -0.886. The fourth-order valence-electron chi connectivity index (χ4n) is 2.08. The van der Waals surface area contributed by atoms with Crippen LogP contribution in [-0.4, -0.2) is 6.18 Å². The first-order valence-corrected chi connectivity index (χ1v) is 5.65. The van der Waals surface area contributed by atoms with Gasteiger partial charge in [0.15, 0.2) is 0 Å². The molecule has 17 heavy (non-hydrogen) atoms. The van der Waals surface area contributed by atoms with E-state index in [2.05, 4.69) is 0 Å². The van der Waals surface area contributed by atoms with E-state index in [1.807, 2.05) is 5.43 Å². The number of benzene rings is 1. The predicted molar refractivity (Wildman–Crippen MR) is 59.2 cm³/mol. The third-order valence-corrected chi connectivity index (χ3v) is 3.34. The maximum Gasteiger partial charge on any atom is 0.409 e. The lowest BCUT2D eigenvalue weighted by Gasteiger charge is -2.26. The van der Waals surface area contributed by atoms with E-state index in [-0.39, 0.29) is 5.56 Å². The van der Waals surface area contributed by atoms with E-state index in [1.165, 1.54) is 18.6 Å². The van der Waals surface area contributed by atoms with Gasteiger partial charge < -0.3 is 0 Å². The van der Waals surface area contributed by atoms with Gasteiger partial charge in [-0.05, 0) is 29.9 Å². The smallest absolute Gasteiger partial charge is 0.271 e. The third kappa shape index (κ3) is 2.61. The molecule has 0 saturated heterocycles. The number of hydrazine groups is 1. The SMILES string of the molecule is NNC(c1ccc(C2CCC2)cc1)C(F)(F)F. The molecule has 94 valence electrons. The molecule has 2 nitrogen and oxygen atoms in total. The van der Waals surface area contributed by atoms with Gasteiger partial charge in [0.05, 0.1) is 0 Å². The fourth-order valence-corrected chi connectivity index (χ4v) is 2.08. The van der Waals surface area contributed by atoms with Crippen molar-refractivity contribution < 1.29 is 13.2 Å². The molecule has 0 heterocycles. The number of nitrogens with one attached hydrogen (secondary N) is 1. The fraction of sp³-hybridized carbons (Fsp3) is 0.500. The number of alkyl halides is 3. The molecular formula is C12H15F3N2. The second kappa shape index (κ2) is 4.66. The molecule has 1 saturated carbocycles. The second-order valence-corrected chi connectivity index (χ2v) is 4.44. The van der Waals surface area contributed by atoms with Gasteiger partial charge in [0.1, 0.15) is 6.04 Å². The highest BCUT2D eigenvalue weighted by atomic mass is 19.4. The second-order valence-electron chi connectivity index (χ2n) is 4.44. The van der Waals surface area contributed by atoms with Gasteiger partial charge in [-0.2, -0.15) is 13.2 Å². The molecule has 5 heteroatoms. The van der Waals surface area contributed by atoms with Crippen molar-refractivity contribution in [1.29, 1.82) is 0 Å². The van der Waals surface area contributed by atoms with E-state index in [9.17, 15) is 13.2 Å². The molecule has 2 rings (SSSR count). The summed E-state index contributed by atoms with van der Waals surface area (Å²) in [5, 5.41) is 0. The highest BCUT2D eigenvalue weighted by Gasteiger charge is 2.40. The molecule has 0 spiro atoms. The Bertz CT molecular complexity index is 368. The van der Waals surface area contributed by atoms with Crippen LogP contribution >= 0.6 is 0 Å². The van der Waals surface area contributed by atoms with Crippen LogP contribution in [0.1, 0.15) is 42.3 Å². The summed E-state index contributed by atoms with van der Waals surface area (Å²) in [6, 6.07) is 4.76. The van der Waals surface area contributed by atoms with Crippen molar-refractivity contribution in [3.05, 3.63) is 35.4 Å². The van der Waals surface area contributed by atoms with Crippen molar-refractivity contribution in [2.75, 3.05) is 0 Å². The Balaban J connectivity index is 2.15. The maximum absolute atomic E-state index is 12.6. The zero-order chi connectivity index (χ0) is 12.5. The summed E-state index contributed by atoms with van der Waals surface area (Å²) in [6.45, 7) is 0. The van der Waals surface area contributed by atoms with Gasteiger partial charge in [-0.1, -0.05) is 30.7 Å². The van der Waals surface area contributed by atoms with Gasteiger partial charge in [0.2, 0.25) is 0 Å². The molecule has 0 radical (unpaired) electrons. The van der Waals surface area contributed by atoms with E-state index in [0.29, 0.717) is 5.92 Å². The van der Waals surface area contributed by atoms with Crippen LogP contribution in [0, 0.1) is 0 Å². The van der Waals surface area contributed by atoms with Gasteiger partial charge in [-0.3, -0.25) is 5.84 Å². The topological polar surface area (TPSA) is 38.0 Å². The van der Waals surface area contributed by atoms with Gasteiger partial charge in [-0.25, -0.2) is 5.43 Å². The summed E-state index contributed by atoms with van der Waals surface area (Å²) in [5.74, 6) is 5.48. The van der Waals surface area contributed by atoms with Gasteiger partial charge in [0, 0.05) is 0 Å². The first-order chi connectivity index (χ1) is 8.02. The molecule has 1 aromatic rings. The van der Waals surface area contributed by atoms with Crippen LogP contribution in [0.2, 0.25) is 0 Å². The Hall–Kier alpha value is -1.07. The number of hydrogen-bond donors (Lipinski definition) is 2. The minimum Gasteiger partial charge on any atom is -0.271 e. The summed E-state index contributed by atoms with van der Waals surface area (Å²) in [4.78, 5) is 0. The average molecular weight is 244 g/mol. The molecule has 0 bridgehead atoms. The van der Waals surface area contributed by atoms with Crippen LogP contribution in [0.4, 0.5) is 13.2 Å². The van der Waals surface area contributed by atoms with Gasteiger partial charge in [0.25, 0.3) is 0 Å². The van der Waals surface area contributed by atoms with Crippen molar-refractivity contribution in [3.63, 3.8) is 0 Å². The highest BCUT2D eigenvalue weighted by molar-refractivity contribution is 5.29. The van der Waals surface area contributed by atoms with E-state index in [4.69, 9.17) is 5.84 Å². The Morgan fingerprint density at radius 2 is 1.76 bits per heavy atom. The summed E-state index contributed by atoms with van der Waals surface area (Å²) < 4.78 is 37.8. The lowest BCUT2D eigenvalue weighted by atomic mass is 9.80. The van der Waals surface area contributed by atoms with Crippen LogP contribution in [0.25, 0.3) is 0 Å². The van der Waals surface area contributed by atoms with Crippen LogP contribution in [0.3, 0.4) is 0 Å². The lowest BCUT2D eigenvalue weighted by molar-refractivity contribution is -0.157. The van der Waals surface area contributed by atoms with Crippen molar-refractivity contribution in [2.24, 2.45) is 5.84 Å². The predicted octanol–water partition coefficient (Wildman–Crippen LogP) is 3.02. The van der Waals surface area contributed by atoms with Crippen LogP contribution in [0.5, 0.6) is 0 Å². The Labute approximate surface area is 98.0 Å². The van der Waals surface area contributed by atoms with Crippen molar-refractivity contribution >= 4 is 0 Å². The molecule has 0 amide bonds. The normalized spacial score (nSPS) is 18.8. The summed E-state index contributed by atoms with van der Waals surface area (Å²) in [7, 11) is 0. The molecule has 3 N–H and O–H groups in total. The molecule has 1 unspecified atom stereocenters. The van der Waals surface area contributed by atoms with Crippen LogP contribution < -0.4 is 11.3 Å². The van der Waals surface area contributed by atoms with E-state index < -0.39 is 12.2 Å². The number of hydrogen-bond acceptors (Lipinski definition) is 2. The standard InChI is InChI=1S/C12H15F3N2/c13-12(14,15)11(17-16)10-6-4-9(5-7-10)8-2-1-3-8/h4-8,11,17H,1-3,16H2. The molecule has 0 aromatic heterocycles. The summed E-state index contributed by atoms with van der Waals surface area (Å²) >= 11 is 0. The summed E-state index contributed by atoms with van der Waals surface area (Å²) in [5.41, 5.74) is 3.09. The largest absolute Gasteiger partial charge is 0.409 e. The number of rotatable bonds is 3. The number of nitrogens with two attached hydrogens (primary N) is 1. The Morgan fingerprint density at radius 1 is 1.18 bits per heavy atom. The van der Waals surface area contributed by atoms with E-state index in [1.54, 1.807) is 12.1 Å². The minimum absolute atomic E-state index is 0.156. The van der Waals surface area contributed by atoms with Crippen molar-refractivity contribution in [1.82, 2.24) is 5.43 Å². The zero-order valence-corrected chi connectivity index (χ0v) is 9.30.